The van der Waals surface area contributed by atoms with Crippen molar-refractivity contribution < 1.29 is 19.3 Å². The maximum atomic E-state index is 10.2. The smallest absolute Gasteiger partial charge is 0.164 e. The van der Waals surface area contributed by atoms with E-state index in [2.05, 4.69) is 0 Å². The van der Waals surface area contributed by atoms with Crippen molar-refractivity contribution in [3.63, 3.8) is 0 Å². The first-order valence-electron chi connectivity index (χ1n) is 7.31. The summed E-state index contributed by atoms with van der Waals surface area (Å²) in [6.45, 7) is 0. The van der Waals surface area contributed by atoms with Gasteiger partial charge in [-0.15, -0.1) is 0 Å². The third kappa shape index (κ3) is 3.79. The van der Waals surface area contributed by atoms with E-state index in [0.717, 1.165) is 25.7 Å². The van der Waals surface area contributed by atoms with Crippen LogP contribution in [0.4, 0.5) is 0 Å². The van der Waals surface area contributed by atoms with Crippen LogP contribution in [0.5, 0.6) is 17.2 Å². The summed E-state index contributed by atoms with van der Waals surface area (Å²) in [5.74, 6) is 2.04. The topological polar surface area (TPSA) is 47.9 Å². The van der Waals surface area contributed by atoms with Crippen molar-refractivity contribution in [2.75, 3.05) is 14.2 Å². The van der Waals surface area contributed by atoms with Crippen molar-refractivity contribution in [2.45, 2.75) is 50.7 Å². The van der Waals surface area contributed by atoms with Crippen molar-refractivity contribution in [2.24, 2.45) is 0 Å². The Balaban J connectivity index is 2.07. The molecule has 1 N–H and O–H groups in total. The highest BCUT2D eigenvalue weighted by Gasteiger charge is 2.22. The third-order valence-electron chi connectivity index (χ3n) is 3.81. The summed E-state index contributed by atoms with van der Waals surface area (Å²) >= 11 is 0. The molecule has 0 aliphatic heterocycles. The lowest BCUT2D eigenvalue weighted by molar-refractivity contribution is 0.0186. The Kier molecular flexibility index (Phi) is 5.53. The lowest BCUT2D eigenvalue weighted by Gasteiger charge is -2.26. The second kappa shape index (κ2) is 7.39. The van der Waals surface area contributed by atoms with E-state index in [4.69, 9.17) is 14.2 Å². The van der Waals surface area contributed by atoms with Gasteiger partial charge >= 0.3 is 0 Å². The van der Waals surface area contributed by atoms with Gasteiger partial charge in [0.2, 0.25) is 0 Å². The molecule has 0 heterocycles. The molecule has 112 valence electrons. The number of methoxy groups -OCH3 is 2. The first-order chi connectivity index (χ1) is 9.74. The Hall–Kier alpha value is -1.42. The van der Waals surface area contributed by atoms with Crippen LogP contribution in [0, 0.1) is 0 Å². The van der Waals surface area contributed by atoms with Crippen LogP contribution in [-0.2, 0) is 0 Å². The average molecular weight is 280 g/mol. The second-order valence-corrected chi connectivity index (χ2v) is 5.23. The van der Waals surface area contributed by atoms with Crippen LogP contribution in [0.2, 0.25) is 0 Å². The molecule has 2 unspecified atom stereocenters. The van der Waals surface area contributed by atoms with Gasteiger partial charge in [-0.1, -0.05) is 19.3 Å². The number of hydrogen-bond acceptors (Lipinski definition) is 4. The first-order valence-corrected chi connectivity index (χ1v) is 7.31. The van der Waals surface area contributed by atoms with E-state index >= 15 is 0 Å². The van der Waals surface area contributed by atoms with E-state index in [9.17, 15) is 5.11 Å². The highest BCUT2D eigenvalue weighted by atomic mass is 16.5. The summed E-state index contributed by atoms with van der Waals surface area (Å²) in [5, 5.41) is 10.2. The van der Waals surface area contributed by atoms with E-state index < -0.39 is 0 Å². The molecule has 0 bridgehead atoms. The molecule has 1 aromatic carbocycles. The highest BCUT2D eigenvalue weighted by Crippen LogP contribution is 2.32. The molecule has 0 spiro atoms. The fraction of sp³-hybridized carbons (Fsp3) is 0.625. The quantitative estimate of drug-likeness (QED) is 0.920. The van der Waals surface area contributed by atoms with E-state index in [-0.39, 0.29) is 12.2 Å². The van der Waals surface area contributed by atoms with Crippen molar-refractivity contribution in [1.29, 1.82) is 0 Å². The molecule has 0 saturated heterocycles. The number of hydrogen-bond donors (Lipinski definition) is 1. The van der Waals surface area contributed by atoms with E-state index in [1.807, 2.05) is 18.2 Å². The third-order valence-corrected chi connectivity index (χ3v) is 3.81. The summed E-state index contributed by atoms with van der Waals surface area (Å²) in [6.07, 6.45) is 5.81. The maximum absolute atomic E-state index is 10.2. The average Bonchev–Trinajstić information content (AvgIpc) is 2.46. The fourth-order valence-corrected chi connectivity index (χ4v) is 2.63. The molecular formula is C16H24O4. The zero-order valence-electron chi connectivity index (χ0n) is 12.3. The van der Waals surface area contributed by atoms with Gasteiger partial charge in [0.15, 0.2) is 11.5 Å². The predicted molar refractivity (Wildman–Crippen MR) is 77.7 cm³/mol. The molecular weight excluding hydrogens is 256 g/mol. The Labute approximate surface area is 120 Å². The van der Waals surface area contributed by atoms with Crippen LogP contribution in [0.1, 0.15) is 38.5 Å². The molecule has 2 atom stereocenters. The van der Waals surface area contributed by atoms with Gasteiger partial charge in [-0.2, -0.15) is 0 Å². The van der Waals surface area contributed by atoms with Gasteiger partial charge in [-0.25, -0.2) is 0 Å². The molecule has 1 aromatic rings. The van der Waals surface area contributed by atoms with Crippen LogP contribution < -0.4 is 14.2 Å². The molecule has 1 aliphatic rings. The Morgan fingerprint density at radius 3 is 2.35 bits per heavy atom. The standard InChI is InChI=1S/C16H24O4/c1-18-15-10-9-12(11-16(15)19-2)20-14-8-6-4-3-5-7-13(14)17/h9-11,13-14,17H,3-8H2,1-2H3. The maximum Gasteiger partial charge on any atom is 0.164 e. The van der Waals surface area contributed by atoms with Crippen molar-refractivity contribution >= 4 is 0 Å². The van der Waals surface area contributed by atoms with Crippen LogP contribution in [0.25, 0.3) is 0 Å². The van der Waals surface area contributed by atoms with Crippen LogP contribution in [0.3, 0.4) is 0 Å². The minimum atomic E-state index is -0.386. The predicted octanol–water partition coefficient (Wildman–Crippen LogP) is 3.17. The minimum absolute atomic E-state index is 0.131. The molecule has 0 aromatic heterocycles. The summed E-state index contributed by atoms with van der Waals surface area (Å²) in [5.41, 5.74) is 0. The fourth-order valence-electron chi connectivity index (χ4n) is 2.63. The van der Waals surface area contributed by atoms with E-state index in [1.165, 1.54) is 12.8 Å². The Bertz CT molecular complexity index is 419. The molecule has 4 nitrogen and oxygen atoms in total. The summed E-state index contributed by atoms with van der Waals surface area (Å²) in [6, 6.07) is 5.49. The molecule has 0 amide bonds. The Morgan fingerprint density at radius 1 is 0.950 bits per heavy atom. The number of aliphatic hydroxyl groups excluding tert-OH is 1. The van der Waals surface area contributed by atoms with Crippen LogP contribution in [0.15, 0.2) is 18.2 Å². The van der Waals surface area contributed by atoms with Gasteiger partial charge in [0.1, 0.15) is 11.9 Å². The number of rotatable bonds is 4. The van der Waals surface area contributed by atoms with Gasteiger partial charge in [0, 0.05) is 6.07 Å². The minimum Gasteiger partial charge on any atom is -0.493 e. The summed E-state index contributed by atoms with van der Waals surface area (Å²) in [7, 11) is 3.21. The number of ether oxygens (including phenoxy) is 3. The van der Waals surface area contributed by atoms with Gasteiger partial charge in [-0.05, 0) is 31.4 Å². The van der Waals surface area contributed by atoms with Crippen LogP contribution in [-0.4, -0.2) is 31.5 Å². The zero-order valence-corrected chi connectivity index (χ0v) is 12.3. The lowest BCUT2D eigenvalue weighted by Crippen LogP contribution is -2.32. The number of aliphatic hydroxyl groups is 1. The normalized spacial score (nSPS) is 23.6. The molecule has 2 rings (SSSR count). The summed E-state index contributed by atoms with van der Waals surface area (Å²) < 4.78 is 16.4. The van der Waals surface area contributed by atoms with Gasteiger partial charge in [0.25, 0.3) is 0 Å². The number of benzene rings is 1. The molecule has 1 aliphatic carbocycles. The molecule has 1 saturated carbocycles. The summed E-state index contributed by atoms with van der Waals surface area (Å²) in [4.78, 5) is 0. The monoisotopic (exact) mass is 280 g/mol. The molecule has 0 radical (unpaired) electrons. The van der Waals surface area contributed by atoms with Crippen LogP contribution >= 0.6 is 0 Å². The van der Waals surface area contributed by atoms with Gasteiger partial charge in [-0.3, -0.25) is 0 Å². The van der Waals surface area contributed by atoms with Gasteiger partial charge < -0.3 is 19.3 Å². The van der Waals surface area contributed by atoms with E-state index in [0.29, 0.717) is 17.2 Å². The first kappa shape index (κ1) is 15.0. The molecule has 20 heavy (non-hydrogen) atoms. The highest BCUT2D eigenvalue weighted by molar-refractivity contribution is 5.45. The zero-order chi connectivity index (χ0) is 14.4. The lowest BCUT2D eigenvalue weighted by atomic mass is 9.96. The SMILES string of the molecule is COc1ccc(OC2CCCCCCC2O)cc1OC. The van der Waals surface area contributed by atoms with Gasteiger partial charge in [0.05, 0.1) is 20.3 Å². The molecule has 1 fully saturated rings. The van der Waals surface area contributed by atoms with Crippen molar-refractivity contribution in [3.05, 3.63) is 18.2 Å². The molecule has 4 heteroatoms. The van der Waals surface area contributed by atoms with Crippen molar-refractivity contribution in [3.8, 4) is 17.2 Å². The Morgan fingerprint density at radius 2 is 1.65 bits per heavy atom. The van der Waals surface area contributed by atoms with Crippen molar-refractivity contribution in [1.82, 2.24) is 0 Å². The largest absolute Gasteiger partial charge is 0.493 e. The second-order valence-electron chi connectivity index (χ2n) is 5.23. The van der Waals surface area contributed by atoms with E-state index in [1.54, 1.807) is 14.2 Å².